The van der Waals surface area contributed by atoms with Gasteiger partial charge >= 0.3 is 0 Å². The second-order valence-corrected chi connectivity index (χ2v) is 10.3. The third-order valence-corrected chi connectivity index (χ3v) is 6.75. The molecule has 2 atom stereocenters. The number of aliphatic hydroxyl groups excluding tert-OH is 2. The third kappa shape index (κ3) is 11.7. The summed E-state index contributed by atoms with van der Waals surface area (Å²) >= 11 is 0. The highest BCUT2D eigenvalue weighted by Crippen LogP contribution is 2.18. The zero-order valence-electron chi connectivity index (χ0n) is 19.6. The molecule has 0 bridgehead atoms. The van der Waals surface area contributed by atoms with Crippen molar-refractivity contribution in [3.8, 4) is 0 Å². The minimum Gasteiger partial charge on any atom is -0.390 e. The third-order valence-electron chi connectivity index (χ3n) is 5.94. The highest BCUT2D eigenvalue weighted by atomic mass is 32.2. The van der Waals surface area contributed by atoms with Gasteiger partial charge in [-0.25, -0.2) is 4.99 Å². The molecule has 32 heavy (non-hydrogen) atoms. The fourth-order valence-electron chi connectivity index (χ4n) is 4.31. The number of allylic oxidation sites excluding steroid dienone is 1. The number of hydrogen-bond acceptors (Lipinski definition) is 6. The average molecular weight is 476 g/mol. The predicted molar refractivity (Wildman–Crippen MR) is 127 cm³/mol. The number of nitrogens with zero attached hydrogens (tertiary/aromatic N) is 2. The Morgan fingerprint density at radius 2 is 1.69 bits per heavy atom. The number of amidine groups is 1. The SMILES string of the molecule is CCCCCCCCCCCC/C=C/C(=O)C1=NCC[N+]1(CCO)CC(O)CS(=O)(=O)O. The first-order valence-electron chi connectivity index (χ1n) is 12.1. The van der Waals surface area contributed by atoms with Crippen LogP contribution in [0, 0.1) is 0 Å². The highest BCUT2D eigenvalue weighted by molar-refractivity contribution is 7.85. The molecule has 0 saturated heterocycles. The highest BCUT2D eigenvalue weighted by Gasteiger charge is 2.43. The molecule has 0 aromatic carbocycles. The molecule has 1 heterocycles. The number of carbonyl (C=O) groups is 1. The van der Waals surface area contributed by atoms with Gasteiger partial charge < -0.3 is 10.2 Å². The molecule has 186 valence electrons. The van der Waals surface area contributed by atoms with Crippen LogP contribution in [0.4, 0.5) is 0 Å². The van der Waals surface area contributed by atoms with E-state index in [1.54, 1.807) is 0 Å². The molecule has 0 spiro atoms. The Kier molecular flexibility index (Phi) is 14.1. The molecule has 0 aliphatic carbocycles. The molecule has 8 nitrogen and oxygen atoms in total. The normalized spacial score (nSPS) is 20.1. The summed E-state index contributed by atoms with van der Waals surface area (Å²) < 4.78 is 31.0. The molecule has 0 amide bonds. The second kappa shape index (κ2) is 15.7. The van der Waals surface area contributed by atoms with E-state index in [2.05, 4.69) is 11.9 Å². The minimum atomic E-state index is -4.34. The van der Waals surface area contributed by atoms with Crippen LogP contribution >= 0.6 is 0 Å². The van der Waals surface area contributed by atoms with Crippen molar-refractivity contribution in [2.75, 3.05) is 38.5 Å². The Balaban J connectivity index is 2.41. The Labute approximate surface area is 193 Å². The van der Waals surface area contributed by atoms with Gasteiger partial charge in [0, 0.05) is 0 Å². The lowest BCUT2D eigenvalue weighted by molar-refractivity contribution is -0.837. The van der Waals surface area contributed by atoms with Gasteiger partial charge in [-0.2, -0.15) is 8.42 Å². The molecule has 2 unspecified atom stereocenters. The summed E-state index contributed by atoms with van der Waals surface area (Å²) in [5.74, 6) is -0.857. The van der Waals surface area contributed by atoms with Gasteiger partial charge in [0.1, 0.15) is 31.5 Å². The lowest BCUT2D eigenvalue weighted by Gasteiger charge is -2.34. The van der Waals surface area contributed by atoms with Gasteiger partial charge in [-0.15, -0.1) is 0 Å². The van der Waals surface area contributed by atoms with Crippen molar-refractivity contribution in [1.29, 1.82) is 0 Å². The van der Waals surface area contributed by atoms with Gasteiger partial charge in [0.15, 0.2) is 0 Å². The predicted octanol–water partition coefficient (Wildman–Crippen LogP) is 2.89. The van der Waals surface area contributed by atoms with Crippen molar-refractivity contribution < 1.29 is 32.5 Å². The number of aliphatic hydroxyl groups is 2. The number of hydrogen-bond donors (Lipinski definition) is 3. The number of ketones is 1. The van der Waals surface area contributed by atoms with E-state index >= 15 is 0 Å². The summed E-state index contributed by atoms with van der Waals surface area (Å²) in [6.45, 7) is 2.82. The molecule has 9 heteroatoms. The number of unbranched alkanes of at least 4 members (excludes halogenated alkanes) is 10. The minimum absolute atomic E-state index is 0.0748. The first-order chi connectivity index (χ1) is 15.2. The van der Waals surface area contributed by atoms with Crippen LogP contribution in [-0.4, -0.2) is 83.9 Å². The van der Waals surface area contributed by atoms with Crippen LogP contribution in [0.5, 0.6) is 0 Å². The molecule has 0 aromatic heterocycles. The summed E-state index contributed by atoms with van der Waals surface area (Å²) in [5.41, 5.74) is 0. The molecule has 0 fully saturated rings. The lowest BCUT2D eigenvalue weighted by Crippen LogP contribution is -2.58. The lowest BCUT2D eigenvalue weighted by atomic mass is 10.1. The van der Waals surface area contributed by atoms with E-state index in [1.165, 1.54) is 57.4 Å². The Bertz CT molecular complexity index is 707. The number of carbonyl (C=O) groups excluding carboxylic acids is 1. The van der Waals surface area contributed by atoms with E-state index in [-0.39, 0.29) is 35.8 Å². The van der Waals surface area contributed by atoms with Gasteiger partial charge in [-0.1, -0.05) is 70.8 Å². The summed E-state index contributed by atoms with van der Waals surface area (Å²) in [6.07, 6.45) is 15.3. The molecule has 0 radical (unpaired) electrons. The van der Waals surface area contributed by atoms with Crippen LogP contribution in [0.3, 0.4) is 0 Å². The maximum Gasteiger partial charge on any atom is 0.271 e. The van der Waals surface area contributed by atoms with E-state index < -0.39 is 22.0 Å². The molecule has 1 aliphatic heterocycles. The first kappa shape index (κ1) is 28.9. The molecule has 0 aromatic rings. The van der Waals surface area contributed by atoms with Crippen molar-refractivity contribution in [3.63, 3.8) is 0 Å². The first-order valence-corrected chi connectivity index (χ1v) is 13.7. The second-order valence-electron chi connectivity index (χ2n) is 8.84. The summed E-state index contributed by atoms with van der Waals surface area (Å²) in [4.78, 5) is 17.0. The topological polar surface area (TPSA) is 124 Å². The molecule has 0 saturated carbocycles. The Morgan fingerprint density at radius 1 is 1.09 bits per heavy atom. The zero-order chi connectivity index (χ0) is 23.9. The fourth-order valence-corrected chi connectivity index (χ4v) is 4.90. The molecule has 3 N–H and O–H groups in total. The van der Waals surface area contributed by atoms with Gasteiger partial charge in [0.05, 0.1) is 13.2 Å². The number of quaternary nitrogens is 1. The molecular weight excluding hydrogens is 432 g/mol. The summed E-state index contributed by atoms with van der Waals surface area (Å²) in [5, 5.41) is 19.6. The molecule has 1 aliphatic rings. The number of rotatable bonds is 19. The van der Waals surface area contributed by atoms with Gasteiger partial charge in [-0.05, 0) is 18.9 Å². The molecular formula is C23H43N2O6S+. The van der Waals surface area contributed by atoms with Gasteiger partial charge in [0.25, 0.3) is 21.7 Å². The maximum absolute atomic E-state index is 12.7. The number of aliphatic imine (C=N–C) groups is 1. The molecule has 1 rings (SSSR count). The van der Waals surface area contributed by atoms with Gasteiger partial charge in [0.2, 0.25) is 0 Å². The van der Waals surface area contributed by atoms with E-state index in [4.69, 9.17) is 4.55 Å². The average Bonchev–Trinajstić information content (AvgIpc) is 3.10. The largest absolute Gasteiger partial charge is 0.390 e. The summed E-state index contributed by atoms with van der Waals surface area (Å²) in [6, 6.07) is 0. The quantitative estimate of drug-likeness (QED) is 0.114. The van der Waals surface area contributed by atoms with Crippen LogP contribution in [0.25, 0.3) is 0 Å². The Hall–Kier alpha value is -1.13. The Morgan fingerprint density at radius 3 is 2.25 bits per heavy atom. The van der Waals surface area contributed by atoms with E-state index in [9.17, 15) is 23.4 Å². The zero-order valence-corrected chi connectivity index (χ0v) is 20.4. The maximum atomic E-state index is 12.7. The van der Waals surface area contributed by atoms with Gasteiger partial charge in [-0.3, -0.25) is 13.8 Å². The standard InChI is InChI=1S/C23H42N2O6S/c1-2-3-4-5-6-7-8-9-10-11-12-13-14-22(28)23-24-15-16-25(23,17-18-26)19-21(27)20-32(29,30)31/h13-14,21,26-27H,2-12,15-20H2,1H3/p+1/b14-13+. The van der Waals surface area contributed by atoms with Crippen molar-refractivity contribution in [2.45, 2.75) is 83.7 Å². The van der Waals surface area contributed by atoms with E-state index in [1.807, 2.05) is 6.08 Å². The van der Waals surface area contributed by atoms with E-state index in [0.29, 0.717) is 13.1 Å². The van der Waals surface area contributed by atoms with Crippen LogP contribution in [-0.2, 0) is 14.9 Å². The smallest absolute Gasteiger partial charge is 0.271 e. The van der Waals surface area contributed by atoms with Crippen molar-refractivity contribution >= 4 is 21.7 Å². The van der Waals surface area contributed by atoms with Crippen LogP contribution < -0.4 is 0 Å². The van der Waals surface area contributed by atoms with Crippen molar-refractivity contribution in [1.82, 2.24) is 0 Å². The van der Waals surface area contributed by atoms with Crippen LogP contribution in [0.1, 0.15) is 77.6 Å². The van der Waals surface area contributed by atoms with Crippen molar-refractivity contribution in [2.24, 2.45) is 4.99 Å². The van der Waals surface area contributed by atoms with Crippen LogP contribution in [0.2, 0.25) is 0 Å². The fraction of sp³-hybridized carbons (Fsp3) is 0.826. The van der Waals surface area contributed by atoms with E-state index in [0.717, 1.165) is 19.3 Å². The summed E-state index contributed by atoms with van der Waals surface area (Å²) in [7, 11) is -4.34. The van der Waals surface area contributed by atoms with Crippen LogP contribution in [0.15, 0.2) is 17.1 Å². The monoisotopic (exact) mass is 475 g/mol. The van der Waals surface area contributed by atoms with Crippen molar-refractivity contribution in [3.05, 3.63) is 12.2 Å².